The normalized spacial score (nSPS) is 22.8. The Balaban J connectivity index is 2.00. The zero-order chi connectivity index (χ0) is 15.3. The number of aromatic nitrogens is 1. The van der Waals surface area contributed by atoms with Gasteiger partial charge in [0.05, 0.1) is 5.69 Å². The van der Waals surface area contributed by atoms with Crippen LogP contribution in [0.25, 0.3) is 11.3 Å². The van der Waals surface area contributed by atoms with Crippen LogP contribution in [-0.4, -0.2) is 20.4 Å². The highest BCUT2D eigenvalue weighted by Gasteiger charge is 2.73. The van der Waals surface area contributed by atoms with Crippen LogP contribution < -0.4 is 0 Å². The van der Waals surface area contributed by atoms with Gasteiger partial charge in [-0.3, -0.25) is 9.78 Å². The Morgan fingerprint density at radius 2 is 1.90 bits per heavy atom. The smallest absolute Gasteiger partial charge is 0.317 e. The maximum atomic E-state index is 13.7. The zero-order valence-corrected chi connectivity index (χ0v) is 12.2. The van der Waals surface area contributed by atoms with Crippen LogP contribution >= 0.6 is 23.2 Å². The number of nitrogens with zero attached hydrogens (tertiary/aromatic N) is 1. The van der Waals surface area contributed by atoms with Crippen molar-refractivity contribution in [3.63, 3.8) is 0 Å². The van der Waals surface area contributed by atoms with E-state index in [1.807, 2.05) is 0 Å². The molecule has 3 nitrogen and oxygen atoms in total. The van der Waals surface area contributed by atoms with E-state index in [9.17, 15) is 14.3 Å². The fraction of sp³-hybridized carbons (Fsp3) is 0.200. The van der Waals surface area contributed by atoms with Crippen molar-refractivity contribution in [1.82, 2.24) is 4.98 Å². The van der Waals surface area contributed by atoms with E-state index in [0.717, 1.165) is 0 Å². The number of hydrogen-bond acceptors (Lipinski definition) is 2. The minimum atomic E-state index is -1.34. The molecule has 3 rings (SSSR count). The van der Waals surface area contributed by atoms with E-state index in [0.29, 0.717) is 16.8 Å². The number of benzene rings is 1. The quantitative estimate of drug-likeness (QED) is 0.873. The zero-order valence-electron chi connectivity index (χ0n) is 10.7. The monoisotopic (exact) mass is 325 g/mol. The third-order valence-electron chi connectivity index (χ3n) is 3.76. The average molecular weight is 326 g/mol. The van der Waals surface area contributed by atoms with Gasteiger partial charge in [-0.2, -0.15) is 0 Å². The van der Waals surface area contributed by atoms with Crippen molar-refractivity contribution in [3.05, 3.63) is 54.0 Å². The Kier molecular flexibility index (Phi) is 3.19. The van der Waals surface area contributed by atoms with Gasteiger partial charge in [-0.1, -0.05) is 41.4 Å². The fourth-order valence-electron chi connectivity index (χ4n) is 2.43. The van der Waals surface area contributed by atoms with Crippen LogP contribution in [0.15, 0.2) is 42.6 Å². The number of alkyl halides is 2. The number of halogens is 3. The molecular formula is C15H10Cl2FNO2. The Labute approximate surface area is 130 Å². The van der Waals surface area contributed by atoms with Crippen molar-refractivity contribution in [3.8, 4) is 11.3 Å². The van der Waals surface area contributed by atoms with E-state index in [4.69, 9.17) is 23.2 Å². The van der Waals surface area contributed by atoms with Crippen LogP contribution in [0.2, 0.25) is 0 Å². The minimum Gasteiger partial charge on any atom is -0.480 e. The summed E-state index contributed by atoms with van der Waals surface area (Å²) in [6.07, 6.45) is 1.52. The topological polar surface area (TPSA) is 50.2 Å². The van der Waals surface area contributed by atoms with Crippen molar-refractivity contribution in [1.29, 1.82) is 0 Å². The predicted molar refractivity (Wildman–Crippen MR) is 78.0 cm³/mol. The van der Waals surface area contributed by atoms with Crippen molar-refractivity contribution in [2.24, 2.45) is 0 Å². The van der Waals surface area contributed by atoms with Crippen LogP contribution in [0.5, 0.6) is 0 Å². The molecule has 21 heavy (non-hydrogen) atoms. The minimum absolute atomic E-state index is 0.124. The first kappa shape index (κ1) is 14.3. The molecule has 0 amide bonds. The maximum Gasteiger partial charge on any atom is 0.317 e. The number of rotatable bonds is 3. The highest BCUT2D eigenvalue weighted by Crippen LogP contribution is 2.64. The molecule has 0 bridgehead atoms. The van der Waals surface area contributed by atoms with E-state index in [2.05, 4.69) is 4.98 Å². The summed E-state index contributed by atoms with van der Waals surface area (Å²) >= 11 is 11.9. The average Bonchev–Trinajstić information content (AvgIpc) is 3.04. The molecule has 1 aromatic carbocycles. The van der Waals surface area contributed by atoms with Crippen molar-refractivity contribution in [2.75, 3.05) is 0 Å². The number of carbonyl (C=O) groups is 1. The van der Waals surface area contributed by atoms with Crippen LogP contribution in [0, 0.1) is 5.82 Å². The first-order chi connectivity index (χ1) is 9.88. The molecule has 1 heterocycles. The summed E-state index contributed by atoms with van der Waals surface area (Å²) in [7, 11) is 0. The number of hydrogen-bond donors (Lipinski definition) is 1. The lowest BCUT2D eigenvalue weighted by molar-refractivity contribution is -0.140. The lowest BCUT2D eigenvalue weighted by Gasteiger charge is -2.13. The Morgan fingerprint density at radius 3 is 2.38 bits per heavy atom. The molecule has 1 saturated carbocycles. The molecule has 1 N–H and O–H groups in total. The van der Waals surface area contributed by atoms with Gasteiger partial charge < -0.3 is 5.11 Å². The van der Waals surface area contributed by atoms with E-state index in [1.165, 1.54) is 12.3 Å². The van der Waals surface area contributed by atoms with Gasteiger partial charge in [0, 0.05) is 18.2 Å². The first-order valence-electron chi connectivity index (χ1n) is 6.21. The van der Waals surface area contributed by atoms with E-state index in [1.54, 1.807) is 30.3 Å². The van der Waals surface area contributed by atoms with Gasteiger partial charge in [0.2, 0.25) is 0 Å². The van der Waals surface area contributed by atoms with Gasteiger partial charge in [-0.05, 0) is 23.8 Å². The van der Waals surface area contributed by atoms with E-state index in [-0.39, 0.29) is 12.2 Å². The van der Waals surface area contributed by atoms with Gasteiger partial charge in [-0.15, -0.1) is 0 Å². The van der Waals surface area contributed by atoms with Gasteiger partial charge in [0.25, 0.3) is 0 Å². The molecule has 6 heteroatoms. The van der Waals surface area contributed by atoms with Gasteiger partial charge in [0.15, 0.2) is 0 Å². The summed E-state index contributed by atoms with van der Waals surface area (Å²) in [4.78, 5) is 15.6. The second-order valence-corrected chi connectivity index (χ2v) is 6.49. The number of carboxylic acids is 1. The second-order valence-electron chi connectivity index (χ2n) is 5.00. The summed E-state index contributed by atoms with van der Waals surface area (Å²) in [5.41, 5.74) is -0.142. The highest BCUT2D eigenvalue weighted by molar-refractivity contribution is 6.54. The molecule has 1 aliphatic rings. The van der Waals surface area contributed by atoms with Gasteiger partial charge in [-0.25, -0.2) is 4.39 Å². The molecule has 1 fully saturated rings. The number of aliphatic carboxylic acids is 1. The molecule has 1 unspecified atom stereocenters. The molecule has 0 aliphatic heterocycles. The summed E-state index contributed by atoms with van der Waals surface area (Å²) < 4.78 is 12.4. The maximum absolute atomic E-state index is 13.7. The van der Waals surface area contributed by atoms with Crippen LogP contribution in [0.1, 0.15) is 12.0 Å². The third-order valence-corrected chi connectivity index (χ3v) is 4.67. The molecule has 0 saturated heterocycles. The fourth-order valence-corrected chi connectivity index (χ4v) is 3.21. The van der Waals surface area contributed by atoms with Gasteiger partial charge in [0.1, 0.15) is 15.6 Å². The summed E-state index contributed by atoms with van der Waals surface area (Å²) in [6, 6.07) is 9.39. The van der Waals surface area contributed by atoms with Crippen LogP contribution in [0.3, 0.4) is 0 Å². The molecule has 1 aromatic heterocycles. The Bertz CT molecular complexity index is 718. The predicted octanol–water partition coefficient (Wildman–Crippen LogP) is 3.79. The molecule has 1 atom stereocenters. The lowest BCUT2D eigenvalue weighted by Crippen LogP contribution is -2.26. The Morgan fingerprint density at radius 1 is 1.24 bits per heavy atom. The van der Waals surface area contributed by atoms with Crippen molar-refractivity contribution < 1.29 is 14.3 Å². The summed E-state index contributed by atoms with van der Waals surface area (Å²) in [5, 5.41) is 9.37. The highest BCUT2D eigenvalue weighted by atomic mass is 35.5. The van der Waals surface area contributed by atoms with Crippen LogP contribution in [-0.2, 0) is 10.2 Å². The number of pyridine rings is 1. The third kappa shape index (κ3) is 2.10. The van der Waals surface area contributed by atoms with Crippen molar-refractivity contribution in [2.45, 2.75) is 16.2 Å². The summed E-state index contributed by atoms with van der Waals surface area (Å²) in [5.74, 6) is -1.48. The largest absolute Gasteiger partial charge is 0.480 e. The SMILES string of the molecule is O=C(O)C1(c2ccc(-c3ccccc3F)nc2)CC1(Cl)Cl. The summed E-state index contributed by atoms with van der Waals surface area (Å²) in [6.45, 7) is 0. The molecule has 0 radical (unpaired) electrons. The Hall–Kier alpha value is -1.65. The number of carboxylic acid groups (broad SMARTS) is 1. The second kappa shape index (κ2) is 4.68. The van der Waals surface area contributed by atoms with Crippen molar-refractivity contribution >= 4 is 29.2 Å². The molecule has 2 aromatic rings. The molecule has 108 valence electrons. The van der Waals surface area contributed by atoms with Gasteiger partial charge >= 0.3 is 5.97 Å². The molecular weight excluding hydrogens is 316 g/mol. The van der Waals surface area contributed by atoms with Crippen LogP contribution in [0.4, 0.5) is 4.39 Å². The lowest BCUT2D eigenvalue weighted by atomic mass is 9.97. The first-order valence-corrected chi connectivity index (χ1v) is 6.97. The van der Waals surface area contributed by atoms with E-state index >= 15 is 0 Å². The standard InChI is InChI=1S/C15H10Cl2FNO2/c16-15(17)8-14(15,13(20)21)9-5-6-12(19-7-9)10-3-1-2-4-11(10)18/h1-7H,8H2,(H,20,21). The molecule has 0 spiro atoms. The molecule has 1 aliphatic carbocycles. The van der Waals surface area contributed by atoms with E-state index < -0.39 is 15.7 Å².